The molecule has 0 saturated heterocycles. The molecule has 0 heterocycles. The maximum Gasteiger partial charge on any atom is 0.252 e. The standard InChI is InChI=1S/C35H42IN3O5/c36-32(26-7-5-3-1-2-4-6-8-26)39-35(44)29-22-27(33(42)37-19-17-24-9-13-30(40)14-10-24)21-28(23-29)34(43)38-20-18-25-11-15-31(41)16-12-25/h9-16,21-23,26,32,40-41H,1-8,17-20H2,(H,37,42)(H,38,43)(H,39,44). The highest BCUT2D eigenvalue weighted by atomic mass is 127. The zero-order valence-corrected chi connectivity index (χ0v) is 27.1. The van der Waals surface area contributed by atoms with Gasteiger partial charge in [0.1, 0.15) is 11.5 Å². The lowest BCUT2D eigenvalue weighted by Gasteiger charge is -2.23. The maximum atomic E-state index is 13.5. The molecule has 0 aromatic heterocycles. The molecule has 0 radical (unpaired) electrons. The maximum absolute atomic E-state index is 13.5. The Morgan fingerprint density at radius 1 is 0.636 bits per heavy atom. The minimum Gasteiger partial charge on any atom is -0.508 e. The second kappa shape index (κ2) is 17.0. The zero-order chi connectivity index (χ0) is 31.3. The van der Waals surface area contributed by atoms with Crippen LogP contribution in [0.15, 0.2) is 66.7 Å². The summed E-state index contributed by atoms with van der Waals surface area (Å²) in [5.74, 6) is -0.313. The first-order valence-corrected chi connectivity index (χ1v) is 16.8. The molecule has 5 N–H and O–H groups in total. The van der Waals surface area contributed by atoms with Gasteiger partial charge in [-0.2, -0.15) is 0 Å². The first-order valence-electron chi connectivity index (χ1n) is 15.5. The molecule has 234 valence electrons. The van der Waals surface area contributed by atoms with Crippen LogP contribution in [0.2, 0.25) is 0 Å². The van der Waals surface area contributed by atoms with E-state index < -0.39 is 0 Å². The van der Waals surface area contributed by atoms with Crippen LogP contribution < -0.4 is 16.0 Å². The topological polar surface area (TPSA) is 128 Å². The van der Waals surface area contributed by atoms with Crippen molar-refractivity contribution in [2.24, 2.45) is 5.92 Å². The number of alkyl halides is 1. The monoisotopic (exact) mass is 711 g/mol. The first kappa shape index (κ1) is 33.3. The number of rotatable bonds is 11. The average Bonchev–Trinajstić information content (AvgIpc) is 3.17. The van der Waals surface area contributed by atoms with Gasteiger partial charge >= 0.3 is 0 Å². The van der Waals surface area contributed by atoms with Gasteiger partial charge in [-0.25, -0.2) is 0 Å². The van der Waals surface area contributed by atoms with Gasteiger partial charge in [-0.1, -0.05) is 85.4 Å². The Hall–Kier alpha value is -3.60. The summed E-state index contributed by atoms with van der Waals surface area (Å²) in [7, 11) is 0. The lowest BCUT2D eigenvalue weighted by Crippen LogP contribution is -2.36. The fourth-order valence-electron chi connectivity index (χ4n) is 5.47. The highest BCUT2D eigenvalue weighted by Gasteiger charge is 2.23. The number of hydrogen-bond donors (Lipinski definition) is 5. The molecular formula is C35H42IN3O5. The normalized spacial score (nSPS) is 14.8. The Labute approximate surface area is 273 Å². The second-order valence-electron chi connectivity index (χ2n) is 11.5. The molecule has 9 heteroatoms. The predicted molar refractivity (Wildman–Crippen MR) is 180 cm³/mol. The molecule has 0 spiro atoms. The number of amides is 3. The summed E-state index contributed by atoms with van der Waals surface area (Å²) in [6.07, 6.45) is 10.6. The van der Waals surface area contributed by atoms with Crippen LogP contribution in [0.3, 0.4) is 0 Å². The van der Waals surface area contributed by atoms with E-state index in [1.807, 2.05) is 0 Å². The highest BCUT2D eigenvalue weighted by molar-refractivity contribution is 14.1. The zero-order valence-electron chi connectivity index (χ0n) is 25.0. The highest BCUT2D eigenvalue weighted by Crippen LogP contribution is 2.27. The Balaban J connectivity index is 1.46. The Morgan fingerprint density at radius 3 is 1.45 bits per heavy atom. The van der Waals surface area contributed by atoms with Crippen LogP contribution in [0.1, 0.15) is 93.6 Å². The Bertz CT molecular complexity index is 1300. The number of phenolic OH excluding ortho intramolecular Hbond substituents is 2. The molecule has 4 rings (SSSR count). The number of aromatic hydroxyl groups is 2. The number of carbonyl (C=O) groups is 3. The van der Waals surface area contributed by atoms with Gasteiger partial charge in [-0.15, -0.1) is 0 Å². The van der Waals surface area contributed by atoms with Crippen molar-refractivity contribution in [1.82, 2.24) is 16.0 Å². The second-order valence-corrected chi connectivity index (χ2v) is 12.8. The molecule has 3 aromatic rings. The molecule has 1 atom stereocenters. The number of carbonyl (C=O) groups excluding carboxylic acids is 3. The van der Waals surface area contributed by atoms with E-state index in [4.69, 9.17) is 0 Å². The van der Waals surface area contributed by atoms with Gasteiger partial charge in [0.25, 0.3) is 17.7 Å². The number of phenols is 2. The summed E-state index contributed by atoms with van der Waals surface area (Å²) >= 11 is 2.32. The fraction of sp³-hybridized carbons (Fsp3) is 0.400. The summed E-state index contributed by atoms with van der Waals surface area (Å²) in [6, 6.07) is 18.2. The number of benzene rings is 3. The summed E-state index contributed by atoms with van der Waals surface area (Å²) in [5.41, 5.74) is 2.66. The third-order valence-electron chi connectivity index (χ3n) is 8.07. The largest absolute Gasteiger partial charge is 0.508 e. The molecular weight excluding hydrogens is 669 g/mol. The van der Waals surface area contributed by atoms with E-state index in [9.17, 15) is 24.6 Å². The fourth-order valence-corrected chi connectivity index (χ4v) is 6.48. The van der Waals surface area contributed by atoms with Gasteiger partial charge in [-0.3, -0.25) is 14.4 Å². The van der Waals surface area contributed by atoms with Gasteiger partial charge in [0.2, 0.25) is 0 Å². The number of nitrogens with one attached hydrogen (secondary N) is 3. The van der Waals surface area contributed by atoms with Gasteiger partial charge in [-0.05, 0) is 85.2 Å². The van der Waals surface area contributed by atoms with Crippen molar-refractivity contribution in [3.05, 3.63) is 94.5 Å². The molecule has 3 aromatic carbocycles. The molecule has 0 aliphatic heterocycles. The van der Waals surface area contributed by atoms with Crippen LogP contribution in [0, 0.1) is 5.92 Å². The van der Waals surface area contributed by atoms with E-state index in [1.54, 1.807) is 60.7 Å². The van der Waals surface area contributed by atoms with Crippen molar-refractivity contribution in [3.63, 3.8) is 0 Å². The van der Waals surface area contributed by atoms with Gasteiger partial charge in [0, 0.05) is 29.8 Å². The van der Waals surface area contributed by atoms with Crippen LogP contribution in [-0.4, -0.2) is 45.1 Å². The number of hydrogen-bond acceptors (Lipinski definition) is 5. The Kier molecular flexibility index (Phi) is 12.9. The lowest BCUT2D eigenvalue weighted by molar-refractivity contribution is 0.0941. The summed E-state index contributed by atoms with van der Waals surface area (Å²) < 4.78 is -0.0522. The third kappa shape index (κ3) is 10.5. The van der Waals surface area contributed by atoms with E-state index in [0.29, 0.717) is 31.8 Å². The first-order chi connectivity index (χ1) is 21.3. The van der Waals surface area contributed by atoms with E-state index in [0.717, 1.165) is 36.8 Å². The SMILES string of the molecule is O=C(NCCc1ccc(O)cc1)c1cc(C(=O)NCCc2ccc(O)cc2)cc(C(=O)NC(I)C2CCCCCCCC2)c1. The molecule has 1 unspecified atom stereocenters. The molecule has 1 saturated carbocycles. The van der Waals surface area contributed by atoms with E-state index in [2.05, 4.69) is 38.5 Å². The van der Waals surface area contributed by atoms with Gasteiger partial charge < -0.3 is 26.2 Å². The van der Waals surface area contributed by atoms with E-state index in [-0.39, 0.29) is 50.0 Å². The van der Waals surface area contributed by atoms with Crippen molar-refractivity contribution in [1.29, 1.82) is 0 Å². The summed E-state index contributed by atoms with van der Waals surface area (Å²) in [6.45, 7) is 0.706. The van der Waals surface area contributed by atoms with Crippen LogP contribution >= 0.6 is 22.6 Å². The molecule has 44 heavy (non-hydrogen) atoms. The van der Waals surface area contributed by atoms with Crippen LogP contribution in [0.25, 0.3) is 0 Å². The van der Waals surface area contributed by atoms with Crippen molar-refractivity contribution >= 4 is 40.3 Å². The average molecular weight is 712 g/mol. The van der Waals surface area contributed by atoms with Crippen molar-refractivity contribution in [2.75, 3.05) is 13.1 Å². The molecule has 8 nitrogen and oxygen atoms in total. The minimum absolute atomic E-state index is 0.0522. The van der Waals surface area contributed by atoms with Gasteiger partial charge in [0.15, 0.2) is 0 Å². The van der Waals surface area contributed by atoms with Crippen LogP contribution in [0.4, 0.5) is 0 Å². The van der Waals surface area contributed by atoms with E-state index in [1.165, 1.54) is 31.7 Å². The van der Waals surface area contributed by atoms with Gasteiger partial charge in [0.05, 0.1) is 4.05 Å². The van der Waals surface area contributed by atoms with Crippen molar-refractivity contribution in [3.8, 4) is 11.5 Å². The van der Waals surface area contributed by atoms with Crippen molar-refractivity contribution in [2.45, 2.75) is 68.3 Å². The third-order valence-corrected chi connectivity index (χ3v) is 9.40. The molecule has 1 aliphatic rings. The summed E-state index contributed by atoms with van der Waals surface area (Å²) in [5, 5.41) is 27.9. The minimum atomic E-state index is -0.376. The quantitative estimate of drug-likeness (QED) is 0.0909. The van der Waals surface area contributed by atoms with Crippen LogP contribution in [0.5, 0.6) is 11.5 Å². The Morgan fingerprint density at radius 2 is 1.02 bits per heavy atom. The molecule has 1 fully saturated rings. The van der Waals surface area contributed by atoms with Crippen molar-refractivity contribution < 1.29 is 24.6 Å². The van der Waals surface area contributed by atoms with E-state index >= 15 is 0 Å². The predicted octanol–water partition coefficient (Wildman–Crippen LogP) is 6.28. The van der Waals surface area contributed by atoms with Crippen LogP contribution in [-0.2, 0) is 12.8 Å². The lowest BCUT2D eigenvalue weighted by atomic mass is 9.96. The number of halogens is 1. The molecule has 3 amide bonds. The molecule has 0 bridgehead atoms. The smallest absolute Gasteiger partial charge is 0.252 e. The summed E-state index contributed by atoms with van der Waals surface area (Å²) in [4.78, 5) is 39.9. The molecule has 1 aliphatic carbocycles.